The number of aromatic nitrogens is 1. The second-order valence-corrected chi connectivity index (χ2v) is 7.16. The molecule has 0 unspecified atom stereocenters. The molecule has 0 aliphatic rings. The maximum absolute atomic E-state index is 5.54. The lowest BCUT2D eigenvalue weighted by molar-refractivity contribution is 0.104. The number of rotatable bonds is 8. The highest BCUT2D eigenvalue weighted by Crippen LogP contribution is 2.26. The van der Waals surface area contributed by atoms with Crippen LogP contribution in [0, 0.1) is 0 Å². The molecule has 0 fully saturated rings. The van der Waals surface area contributed by atoms with E-state index in [2.05, 4.69) is 31.1 Å². The van der Waals surface area contributed by atoms with Gasteiger partial charge in [0.15, 0.2) is 0 Å². The summed E-state index contributed by atoms with van der Waals surface area (Å²) in [5, 5.41) is 4.62. The SMILES string of the molecule is CC(C)(C)c1ncc(CNCCCOCc2ccco2)s1. The smallest absolute Gasteiger partial charge is 0.129 e. The summed E-state index contributed by atoms with van der Waals surface area (Å²) in [5.74, 6) is 0.877. The molecule has 0 aromatic carbocycles. The van der Waals surface area contributed by atoms with Crippen LogP contribution in [0.4, 0.5) is 0 Å². The van der Waals surface area contributed by atoms with Crippen LogP contribution in [0.15, 0.2) is 29.0 Å². The van der Waals surface area contributed by atoms with E-state index in [4.69, 9.17) is 9.15 Å². The first kappa shape index (κ1) is 16.2. The summed E-state index contributed by atoms with van der Waals surface area (Å²) in [6.45, 7) is 9.70. The van der Waals surface area contributed by atoms with Crippen LogP contribution in [-0.2, 0) is 23.3 Å². The Morgan fingerprint density at radius 1 is 1.38 bits per heavy atom. The van der Waals surface area contributed by atoms with Crippen LogP contribution in [0.5, 0.6) is 0 Å². The van der Waals surface area contributed by atoms with E-state index in [0.29, 0.717) is 6.61 Å². The molecule has 1 N–H and O–H groups in total. The molecule has 0 saturated carbocycles. The van der Waals surface area contributed by atoms with Crippen LogP contribution in [0.25, 0.3) is 0 Å². The zero-order chi connectivity index (χ0) is 15.1. The average molecular weight is 308 g/mol. The number of nitrogens with one attached hydrogen (secondary N) is 1. The van der Waals surface area contributed by atoms with Crippen LogP contribution >= 0.6 is 11.3 Å². The van der Waals surface area contributed by atoms with Crippen molar-refractivity contribution in [2.24, 2.45) is 0 Å². The van der Waals surface area contributed by atoms with Gasteiger partial charge >= 0.3 is 0 Å². The van der Waals surface area contributed by atoms with E-state index in [1.165, 1.54) is 9.88 Å². The lowest BCUT2D eigenvalue weighted by Crippen LogP contribution is -2.15. The summed E-state index contributed by atoms with van der Waals surface area (Å²) < 4.78 is 10.7. The van der Waals surface area contributed by atoms with Crippen molar-refractivity contribution in [1.29, 1.82) is 0 Å². The quantitative estimate of drug-likeness (QED) is 0.755. The minimum atomic E-state index is 0.141. The van der Waals surface area contributed by atoms with E-state index >= 15 is 0 Å². The van der Waals surface area contributed by atoms with Crippen molar-refractivity contribution in [3.63, 3.8) is 0 Å². The monoisotopic (exact) mass is 308 g/mol. The Balaban J connectivity index is 1.54. The van der Waals surface area contributed by atoms with Crippen molar-refractivity contribution < 1.29 is 9.15 Å². The molecule has 5 heteroatoms. The number of hydrogen-bond acceptors (Lipinski definition) is 5. The van der Waals surface area contributed by atoms with Gasteiger partial charge in [-0.3, -0.25) is 0 Å². The average Bonchev–Trinajstić information content (AvgIpc) is 3.07. The molecule has 0 atom stereocenters. The molecule has 0 aliphatic carbocycles. The van der Waals surface area contributed by atoms with Crippen LogP contribution in [0.1, 0.15) is 42.8 Å². The van der Waals surface area contributed by atoms with Crippen molar-refractivity contribution in [1.82, 2.24) is 10.3 Å². The Kier molecular flexibility index (Phi) is 5.96. The Morgan fingerprint density at radius 2 is 2.24 bits per heavy atom. The van der Waals surface area contributed by atoms with Crippen molar-refractivity contribution in [2.75, 3.05) is 13.2 Å². The van der Waals surface area contributed by atoms with Crippen molar-refractivity contribution >= 4 is 11.3 Å². The summed E-state index contributed by atoms with van der Waals surface area (Å²) in [5.41, 5.74) is 0.141. The Bertz CT molecular complexity index is 515. The fraction of sp³-hybridized carbons (Fsp3) is 0.562. The third kappa shape index (κ3) is 5.61. The van der Waals surface area contributed by atoms with Crippen molar-refractivity contribution in [3.8, 4) is 0 Å². The van der Waals surface area contributed by atoms with Gasteiger partial charge in [-0.2, -0.15) is 0 Å². The molecule has 21 heavy (non-hydrogen) atoms. The van der Waals surface area contributed by atoms with Gasteiger partial charge in [0.1, 0.15) is 12.4 Å². The zero-order valence-corrected chi connectivity index (χ0v) is 13.8. The highest BCUT2D eigenvalue weighted by molar-refractivity contribution is 7.11. The standard InChI is InChI=1S/C16H24N2O2S/c1-16(2,3)15-18-11-14(21-15)10-17-7-5-8-19-12-13-6-4-9-20-13/h4,6,9,11,17H,5,7-8,10,12H2,1-3H3. The molecular weight excluding hydrogens is 284 g/mol. The molecule has 116 valence electrons. The van der Waals surface area contributed by atoms with Gasteiger partial charge in [0.25, 0.3) is 0 Å². The molecule has 2 rings (SSSR count). The fourth-order valence-electron chi connectivity index (χ4n) is 1.81. The molecule has 2 aromatic heterocycles. The molecule has 2 heterocycles. The van der Waals surface area contributed by atoms with Gasteiger partial charge in [0, 0.05) is 29.6 Å². The van der Waals surface area contributed by atoms with Gasteiger partial charge in [-0.05, 0) is 25.1 Å². The highest BCUT2D eigenvalue weighted by Gasteiger charge is 2.17. The molecule has 0 aliphatic heterocycles. The number of hydrogen-bond donors (Lipinski definition) is 1. The molecule has 0 radical (unpaired) electrons. The molecule has 0 bridgehead atoms. The minimum Gasteiger partial charge on any atom is -0.467 e. The van der Waals surface area contributed by atoms with E-state index in [1.54, 1.807) is 17.6 Å². The van der Waals surface area contributed by atoms with Crippen molar-refractivity contribution in [3.05, 3.63) is 40.2 Å². The van der Waals surface area contributed by atoms with E-state index in [-0.39, 0.29) is 5.41 Å². The van der Waals surface area contributed by atoms with Gasteiger partial charge in [-0.1, -0.05) is 20.8 Å². The molecule has 4 nitrogen and oxygen atoms in total. The predicted molar refractivity (Wildman–Crippen MR) is 85.5 cm³/mol. The van der Waals surface area contributed by atoms with Gasteiger partial charge in [0.2, 0.25) is 0 Å². The third-order valence-electron chi connectivity index (χ3n) is 2.96. The normalized spacial score (nSPS) is 12.0. The van der Waals surface area contributed by atoms with Crippen LogP contribution in [0.3, 0.4) is 0 Å². The Morgan fingerprint density at radius 3 is 2.90 bits per heavy atom. The predicted octanol–water partition coefficient (Wildman–Crippen LogP) is 3.73. The van der Waals surface area contributed by atoms with E-state index < -0.39 is 0 Å². The molecular formula is C16H24N2O2S. The van der Waals surface area contributed by atoms with Crippen molar-refractivity contribution in [2.45, 2.75) is 45.8 Å². The number of thiazole rings is 1. The van der Waals surface area contributed by atoms with Gasteiger partial charge in [-0.25, -0.2) is 4.98 Å². The van der Waals surface area contributed by atoms with Crippen LogP contribution < -0.4 is 5.32 Å². The highest BCUT2D eigenvalue weighted by atomic mass is 32.1. The largest absolute Gasteiger partial charge is 0.467 e. The maximum Gasteiger partial charge on any atom is 0.129 e. The third-order valence-corrected chi connectivity index (χ3v) is 4.38. The molecule has 2 aromatic rings. The summed E-state index contributed by atoms with van der Waals surface area (Å²) in [6.07, 6.45) is 4.64. The lowest BCUT2D eigenvalue weighted by atomic mass is 9.98. The van der Waals surface area contributed by atoms with Gasteiger partial charge < -0.3 is 14.5 Å². The first-order chi connectivity index (χ1) is 10.1. The molecule has 0 spiro atoms. The first-order valence-corrected chi connectivity index (χ1v) is 8.13. The van der Waals surface area contributed by atoms with Gasteiger partial charge in [-0.15, -0.1) is 11.3 Å². The first-order valence-electron chi connectivity index (χ1n) is 7.32. The maximum atomic E-state index is 5.54. The number of ether oxygens (including phenoxy) is 1. The second kappa shape index (κ2) is 7.73. The lowest BCUT2D eigenvalue weighted by Gasteiger charge is -2.13. The Labute approximate surface area is 130 Å². The zero-order valence-electron chi connectivity index (χ0n) is 13.0. The van der Waals surface area contributed by atoms with Crippen LogP contribution in [0.2, 0.25) is 0 Å². The van der Waals surface area contributed by atoms with E-state index in [9.17, 15) is 0 Å². The Hall–Kier alpha value is -1.17. The molecule has 0 saturated heterocycles. The number of nitrogens with zero attached hydrogens (tertiary/aromatic N) is 1. The van der Waals surface area contributed by atoms with E-state index in [1.807, 2.05) is 18.3 Å². The topological polar surface area (TPSA) is 47.3 Å². The minimum absolute atomic E-state index is 0.141. The van der Waals surface area contributed by atoms with E-state index in [0.717, 1.165) is 31.9 Å². The second-order valence-electron chi connectivity index (χ2n) is 6.04. The summed E-state index contributed by atoms with van der Waals surface area (Å²) >= 11 is 1.79. The van der Waals surface area contributed by atoms with Crippen LogP contribution in [-0.4, -0.2) is 18.1 Å². The summed E-state index contributed by atoms with van der Waals surface area (Å²) in [7, 11) is 0. The number of furan rings is 1. The summed E-state index contributed by atoms with van der Waals surface area (Å²) in [6, 6.07) is 3.80. The molecule has 0 amide bonds. The van der Waals surface area contributed by atoms with Gasteiger partial charge in [0.05, 0.1) is 11.3 Å². The summed E-state index contributed by atoms with van der Waals surface area (Å²) in [4.78, 5) is 5.78. The fourth-order valence-corrected chi connectivity index (χ4v) is 2.75.